The highest BCUT2D eigenvalue weighted by Gasteiger charge is 2.25. The molecule has 116 valence electrons. The van der Waals surface area contributed by atoms with Crippen molar-refractivity contribution in [3.05, 3.63) is 0 Å². The Morgan fingerprint density at radius 2 is 1.79 bits per heavy atom. The van der Waals surface area contributed by atoms with E-state index < -0.39 is 0 Å². The van der Waals surface area contributed by atoms with Crippen molar-refractivity contribution in [1.29, 1.82) is 0 Å². The molecule has 19 heavy (non-hydrogen) atoms. The Morgan fingerprint density at radius 1 is 1.16 bits per heavy atom. The Bertz CT molecular complexity index is 228. The SMILES string of the molecule is CCCNC(C)(CO)CC(C)OCCOC(C)(C)C. The molecule has 0 bridgehead atoms. The smallest absolute Gasteiger partial charge is 0.0707 e. The Hall–Kier alpha value is -0.160. The minimum Gasteiger partial charge on any atom is -0.394 e. The zero-order valence-corrected chi connectivity index (χ0v) is 13.6. The highest BCUT2D eigenvalue weighted by atomic mass is 16.5. The fraction of sp³-hybridized carbons (Fsp3) is 1.00. The Kier molecular flexibility index (Phi) is 8.83. The predicted molar refractivity (Wildman–Crippen MR) is 79.5 cm³/mol. The molecule has 0 spiro atoms. The van der Waals surface area contributed by atoms with E-state index in [9.17, 15) is 5.11 Å². The van der Waals surface area contributed by atoms with Crippen LogP contribution < -0.4 is 5.32 Å². The van der Waals surface area contributed by atoms with Gasteiger partial charge in [-0.2, -0.15) is 0 Å². The molecule has 0 aromatic heterocycles. The van der Waals surface area contributed by atoms with Gasteiger partial charge in [0.15, 0.2) is 0 Å². The van der Waals surface area contributed by atoms with Crippen LogP contribution in [0.3, 0.4) is 0 Å². The molecule has 2 unspecified atom stereocenters. The zero-order valence-electron chi connectivity index (χ0n) is 13.6. The molecule has 2 atom stereocenters. The lowest BCUT2D eigenvalue weighted by Crippen LogP contribution is -2.48. The molecular weight excluding hydrogens is 242 g/mol. The number of ether oxygens (including phenoxy) is 2. The van der Waals surface area contributed by atoms with Crippen molar-refractivity contribution < 1.29 is 14.6 Å². The van der Waals surface area contributed by atoms with Crippen LogP contribution in [0.4, 0.5) is 0 Å². The first kappa shape index (κ1) is 18.8. The molecule has 0 radical (unpaired) electrons. The Morgan fingerprint density at radius 3 is 2.26 bits per heavy atom. The molecule has 4 heteroatoms. The molecule has 0 aliphatic carbocycles. The second kappa shape index (κ2) is 8.90. The zero-order chi connectivity index (χ0) is 14.9. The molecule has 0 aliphatic rings. The van der Waals surface area contributed by atoms with Crippen molar-refractivity contribution in [2.24, 2.45) is 0 Å². The largest absolute Gasteiger partial charge is 0.394 e. The highest BCUT2D eigenvalue weighted by molar-refractivity contribution is 4.84. The summed E-state index contributed by atoms with van der Waals surface area (Å²) in [6.45, 7) is 14.5. The van der Waals surface area contributed by atoms with Crippen molar-refractivity contribution in [2.45, 2.75) is 71.6 Å². The van der Waals surface area contributed by atoms with Gasteiger partial charge in [-0.25, -0.2) is 0 Å². The van der Waals surface area contributed by atoms with E-state index >= 15 is 0 Å². The monoisotopic (exact) mass is 275 g/mol. The van der Waals surface area contributed by atoms with Gasteiger partial charge in [-0.1, -0.05) is 6.92 Å². The molecule has 0 amide bonds. The fourth-order valence-corrected chi connectivity index (χ4v) is 1.91. The molecule has 4 nitrogen and oxygen atoms in total. The maximum atomic E-state index is 9.50. The van der Waals surface area contributed by atoms with E-state index in [0.29, 0.717) is 13.2 Å². The second-order valence-electron chi connectivity index (χ2n) is 6.49. The summed E-state index contributed by atoms with van der Waals surface area (Å²) >= 11 is 0. The maximum Gasteiger partial charge on any atom is 0.0707 e. The molecular formula is C15H33NO3. The minimum atomic E-state index is -0.264. The quantitative estimate of drug-likeness (QED) is 0.601. The third kappa shape index (κ3) is 10.3. The summed E-state index contributed by atoms with van der Waals surface area (Å²) in [5.41, 5.74) is -0.380. The van der Waals surface area contributed by atoms with Gasteiger partial charge in [-0.05, 0) is 54.0 Å². The summed E-state index contributed by atoms with van der Waals surface area (Å²) in [4.78, 5) is 0. The van der Waals surface area contributed by atoms with Gasteiger partial charge in [0, 0.05) is 5.54 Å². The number of hydrogen-bond acceptors (Lipinski definition) is 4. The number of nitrogens with one attached hydrogen (secondary N) is 1. The summed E-state index contributed by atoms with van der Waals surface area (Å²) < 4.78 is 11.3. The fourth-order valence-electron chi connectivity index (χ4n) is 1.91. The number of rotatable bonds is 10. The first-order valence-electron chi connectivity index (χ1n) is 7.34. The van der Waals surface area contributed by atoms with E-state index in [0.717, 1.165) is 19.4 Å². The summed E-state index contributed by atoms with van der Waals surface area (Å²) in [6, 6.07) is 0. The van der Waals surface area contributed by atoms with Crippen molar-refractivity contribution in [3.8, 4) is 0 Å². The Balaban J connectivity index is 3.90. The van der Waals surface area contributed by atoms with Gasteiger partial charge in [-0.3, -0.25) is 0 Å². The summed E-state index contributed by atoms with van der Waals surface area (Å²) in [7, 11) is 0. The van der Waals surface area contributed by atoms with E-state index in [1.807, 2.05) is 34.6 Å². The van der Waals surface area contributed by atoms with Crippen LogP contribution in [0, 0.1) is 0 Å². The third-order valence-corrected chi connectivity index (χ3v) is 2.91. The molecule has 0 aromatic rings. The van der Waals surface area contributed by atoms with Crippen LogP contribution in [0.1, 0.15) is 54.4 Å². The molecule has 0 saturated heterocycles. The van der Waals surface area contributed by atoms with Gasteiger partial charge in [0.1, 0.15) is 0 Å². The van der Waals surface area contributed by atoms with Crippen molar-refractivity contribution in [3.63, 3.8) is 0 Å². The normalized spacial score (nSPS) is 17.2. The molecule has 0 aromatic carbocycles. The van der Waals surface area contributed by atoms with Crippen molar-refractivity contribution >= 4 is 0 Å². The van der Waals surface area contributed by atoms with Crippen LogP contribution in [0.15, 0.2) is 0 Å². The van der Waals surface area contributed by atoms with Crippen LogP contribution >= 0.6 is 0 Å². The highest BCUT2D eigenvalue weighted by Crippen LogP contribution is 2.14. The van der Waals surface area contributed by atoms with E-state index in [-0.39, 0.29) is 23.9 Å². The molecule has 0 fully saturated rings. The molecule has 2 N–H and O–H groups in total. The summed E-state index contributed by atoms with van der Waals surface area (Å²) in [6.07, 6.45) is 1.95. The lowest BCUT2D eigenvalue weighted by molar-refractivity contribution is -0.0549. The Labute approximate surface area is 118 Å². The van der Waals surface area contributed by atoms with E-state index in [1.165, 1.54) is 0 Å². The average Bonchev–Trinajstić information content (AvgIpc) is 2.31. The van der Waals surface area contributed by atoms with Crippen LogP contribution in [-0.4, -0.2) is 48.7 Å². The van der Waals surface area contributed by atoms with E-state index in [2.05, 4.69) is 12.2 Å². The molecule has 0 heterocycles. The van der Waals surface area contributed by atoms with Gasteiger partial charge >= 0.3 is 0 Å². The molecule has 0 rings (SSSR count). The van der Waals surface area contributed by atoms with Gasteiger partial charge in [0.2, 0.25) is 0 Å². The average molecular weight is 275 g/mol. The first-order chi connectivity index (χ1) is 8.72. The lowest BCUT2D eigenvalue weighted by Gasteiger charge is -2.31. The van der Waals surface area contributed by atoms with Crippen LogP contribution in [0.25, 0.3) is 0 Å². The maximum absolute atomic E-state index is 9.50. The third-order valence-electron chi connectivity index (χ3n) is 2.91. The van der Waals surface area contributed by atoms with E-state index in [4.69, 9.17) is 9.47 Å². The number of aliphatic hydroxyl groups is 1. The second-order valence-corrected chi connectivity index (χ2v) is 6.49. The standard InChI is InChI=1S/C15H33NO3/c1-7-8-16-15(6,12-17)11-13(2)18-9-10-19-14(3,4)5/h13,16-17H,7-12H2,1-6H3. The van der Waals surface area contributed by atoms with Crippen LogP contribution in [0.5, 0.6) is 0 Å². The number of aliphatic hydroxyl groups excluding tert-OH is 1. The van der Waals surface area contributed by atoms with Gasteiger partial charge in [0.05, 0.1) is 31.5 Å². The van der Waals surface area contributed by atoms with E-state index in [1.54, 1.807) is 0 Å². The lowest BCUT2D eigenvalue weighted by atomic mass is 9.95. The number of hydrogen-bond donors (Lipinski definition) is 2. The van der Waals surface area contributed by atoms with Crippen molar-refractivity contribution in [2.75, 3.05) is 26.4 Å². The first-order valence-corrected chi connectivity index (χ1v) is 7.34. The van der Waals surface area contributed by atoms with Crippen LogP contribution in [0.2, 0.25) is 0 Å². The molecule has 0 aliphatic heterocycles. The summed E-state index contributed by atoms with van der Waals surface area (Å²) in [5.74, 6) is 0. The minimum absolute atomic E-state index is 0.102. The van der Waals surface area contributed by atoms with Gasteiger partial charge < -0.3 is 19.9 Å². The predicted octanol–water partition coefficient (Wildman–Crippen LogP) is 2.35. The van der Waals surface area contributed by atoms with Gasteiger partial charge in [0.25, 0.3) is 0 Å². The summed E-state index contributed by atoms with van der Waals surface area (Å²) in [5, 5.41) is 12.9. The van der Waals surface area contributed by atoms with Crippen molar-refractivity contribution in [1.82, 2.24) is 5.32 Å². The molecule has 0 saturated carbocycles. The van der Waals surface area contributed by atoms with Crippen LogP contribution in [-0.2, 0) is 9.47 Å². The van der Waals surface area contributed by atoms with Gasteiger partial charge in [-0.15, -0.1) is 0 Å². The topological polar surface area (TPSA) is 50.7 Å².